The highest BCUT2D eigenvalue weighted by molar-refractivity contribution is 5.93. The lowest BCUT2D eigenvalue weighted by Crippen LogP contribution is -2.38. The van der Waals surface area contributed by atoms with Gasteiger partial charge in [-0.15, -0.1) is 0 Å². The van der Waals surface area contributed by atoms with Crippen molar-refractivity contribution in [2.24, 2.45) is 7.05 Å². The zero-order chi connectivity index (χ0) is 19.0. The molecule has 1 amide bonds. The molecular weight excluding hydrogens is 346 g/mol. The molecule has 140 valence electrons. The Morgan fingerprint density at radius 2 is 2.22 bits per heavy atom. The molecule has 1 aromatic carbocycles. The normalized spacial score (nSPS) is 18.1. The number of aliphatic hydroxyl groups is 1. The fourth-order valence-electron chi connectivity index (χ4n) is 3.68. The summed E-state index contributed by atoms with van der Waals surface area (Å²) in [6, 6.07) is 6.83. The van der Waals surface area contributed by atoms with Crippen LogP contribution in [0, 0.1) is 0 Å². The third-order valence-corrected chi connectivity index (χ3v) is 5.06. The zero-order valence-corrected chi connectivity index (χ0v) is 15.0. The summed E-state index contributed by atoms with van der Waals surface area (Å²) in [5.74, 6) is -0.264. The summed E-state index contributed by atoms with van der Waals surface area (Å²) in [7, 11) is 1.79. The second-order valence-electron chi connectivity index (χ2n) is 6.93. The van der Waals surface area contributed by atoms with Gasteiger partial charge in [0.25, 0.3) is 11.5 Å². The summed E-state index contributed by atoms with van der Waals surface area (Å²) in [6.45, 7) is 0.583. The van der Waals surface area contributed by atoms with Gasteiger partial charge in [0, 0.05) is 31.4 Å². The molecular formula is C19H21N5O3. The minimum absolute atomic E-state index is 0.0430. The summed E-state index contributed by atoms with van der Waals surface area (Å²) < 4.78 is 1.64. The third-order valence-electron chi connectivity index (χ3n) is 5.06. The van der Waals surface area contributed by atoms with Gasteiger partial charge in [0.2, 0.25) is 0 Å². The Morgan fingerprint density at radius 3 is 3.00 bits per heavy atom. The molecule has 2 N–H and O–H groups in total. The first kappa shape index (κ1) is 17.4. The van der Waals surface area contributed by atoms with Crippen LogP contribution in [0.1, 0.15) is 41.5 Å². The van der Waals surface area contributed by atoms with Crippen molar-refractivity contribution in [1.82, 2.24) is 24.6 Å². The molecule has 0 saturated carbocycles. The van der Waals surface area contributed by atoms with Crippen LogP contribution in [-0.2, 0) is 7.05 Å². The fraction of sp³-hybridized carbons (Fsp3) is 0.368. The lowest BCUT2D eigenvalue weighted by Gasteiger charge is -2.26. The van der Waals surface area contributed by atoms with E-state index in [1.54, 1.807) is 53.3 Å². The van der Waals surface area contributed by atoms with Crippen molar-refractivity contribution < 1.29 is 9.90 Å². The van der Waals surface area contributed by atoms with Gasteiger partial charge in [-0.25, -0.2) is 4.98 Å². The highest BCUT2D eigenvalue weighted by Crippen LogP contribution is 2.28. The molecule has 0 bridgehead atoms. The third kappa shape index (κ3) is 3.35. The Hall–Kier alpha value is -3.00. The van der Waals surface area contributed by atoms with E-state index in [1.165, 1.54) is 0 Å². The van der Waals surface area contributed by atoms with Gasteiger partial charge in [-0.2, -0.15) is 5.10 Å². The predicted octanol–water partition coefficient (Wildman–Crippen LogP) is 1.38. The van der Waals surface area contributed by atoms with Crippen LogP contribution in [0.15, 0.2) is 41.5 Å². The first-order valence-electron chi connectivity index (χ1n) is 8.99. The Balaban J connectivity index is 1.56. The summed E-state index contributed by atoms with van der Waals surface area (Å²) in [5, 5.41) is 15.0. The van der Waals surface area contributed by atoms with E-state index in [0.29, 0.717) is 23.9 Å². The monoisotopic (exact) mass is 367 g/mol. The van der Waals surface area contributed by atoms with Gasteiger partial charge in [-0.1, -0.05) is 12.1 Å². The number of nitrogens with one attached hydrogen (secondary N) is 1. The van der Waals surface area contributed by atoms with E-state index in [2.05, 4.69) is 15.1 Å². The maximum absolute atomic E-state index is 13.0. The molecule has 3 heterocycles. The molecule has 1 saturated heterocycles. The average molecular weight is 367 g/mol. The number of carbonyl (C=O) groups excluding carboxylic acids is 1. The predicted molar refractivity (Wildman–Crippen MR) is 99.2 cm³/mol. The molecule has 1 aliphatic heterocycles. The Kier molecular flexibility index (Phi) is 4.49. The van der Waals surface area contributed by atoms with Crippen molar-refractivity contribution in [3.05, 3.63) is 58.4 Å². The molecule has 3 aromatic rings. The number of nitrogens with zero attached hydrogens (tertiary/aromatic N) is 4. The van der Waals surface area contributed by atoms with E-state index in [0.717, 1.165) is 18.4 Å². The molecule has 0 radical (unpaired) electrons. The molecule has 2 atom stereocenters. The van der Waals surface area contributed by atoms with E-state index >= 15 is 0 Å². The van der Waals surface area contributed by atoms with E-state index in [9.17, 15) is 14.7 Å². The number of benzene rings is 1. The van der Waals surface area contributed by atoms with Crippen LogP contribution in [0.3, 0.4) is 0 Å². The van der Waals surface area contributed by atoms with Crippen LogP contribution >= 0.6 is 0 Å². The van der Waals surface area contributed by atoms with Gasteiger partial charge in [0.15, 0.2) is 5.82 Å². The number of hydrogen-bond acceptors (Lipinski definition) is 5. The molecule has 2 aromatic heterocycles. The largest absolute Gasteiger partial charge is 0.388 e. The number of aryl methyl sites for hydroxylation is 1. The number of amides is 1. The summed E-state index contributed by atoms with van der Waals surface area (Å²) in [6.07, 6.45) is 4.80. The van der Waals surface area contributed by atoms with Crippen molar-refractivity contribution >= 4 is 16.8 Å². The van der Waals surface area contributed by atoms with Gasteiger partial charge in [-0.05, 0) is 31.4 Å². The molecule has 27 heavy (non-hydrogen) atoms. The van der Waals surface area contributed by atoms with Crippen molar-refractivity contribution in [2.45, 2.75) is 31.4 Å². The van der Waals surface area contributed by atoms with Gasteiger partial charge >= 0.3 is 0 Å². The summed E-state index contributed by atoms with van der Waals surface area (Å²) in [4.78, 5) is 33.9. The van der Waals surface area contributed by atoms with Gasteiger partial charge < -0.3 is 15.0 Å². The minimum Gasteiger partial charge on any atom is -0.388 e. The number of aromatic amines is 1. The van der Waals surface area contributed by atoms with Gasteiger partial charge in [0.05, 0.1) is 23.2 Å². The van der Waals surface area contributed by atoms with Crippen LogP contribution in [0.2, 0.25) is 0 Å². The van der Waals surface area contributed by atoms with Crippen LogP contribution < -0.4 is 5.56 Å². The maximum Gasteiger partial charge on any atom is 0.290 e. The van der Waals surface area contributed by atoms with Gasteiger partial charge in [0.1, 0.15) is 0 Å². The van der Waals surface area contributed by atoms with Crippen LogP contribution in [-0.4, -0.2) is 48.2 Å². The summed E-state index contributed by atoms with van der Waals surface area (Å²) >= 11 is 0. The molecule has 8 nitrogen and oxygen atoms in total. The number of likely N-dealkylation sites (tertiary alicyclic amines) is 1. The van der Waals surface area contributed by atoms with E-state index in [1.807, 2.05) is 0 Å². The lowest BCUT2D eigenvalue weighted by molar-refractivity contribution is 0.0655. The minimum atomic E-state index is -0.694. The fourth-order valence-corrected chi connectivity index (χ4v) is 3.68. The first-order valence-corrected chi connectivity index (χ1v) is 8.99. The molecule has 1 fully saturated rings. The number of aliphatic hydroxyl groups excluding tert-OH is 1. The second kappa shape index (κ2) is 6.96. The van der Waals surface area contributed by atoms with E-state index in [4.69, 9.17) is 0 Å². The SMILES string of the molecule is Cn1cc(C(O)CC2CCCN2C(=O)c2nc3ccccc3c(=O)[nH]2)cn1. The highest BCUT2D eigenvalue weighted by atomic mass is 16.3. The van der Waals surface area contributed by atoms with Crippen molar-refractivity contribution in [3.8, 4) is 0 Å². The van der Waals surface area contributed by atoms with Crippen molar-refractivity contribution in [1.29, 1.82) is 0 Å². The number of hydrogen-bond donors (Lipinski definition) is 2. The Bertz CT molecular complexity index is 1040. The average Bonchev–Trinajstić information content (AvgIpc) is 3.30. The zero-order valence-electron chi connectivity index (χ0n) is 15.0. The summed E-state index contributed by atoms with van der Waals surface area (Å²) in [5.41, 5.74) is 0.903. The molecule has 2 unspecified atom stereocenters. The van der Waals surface area contributed by atoms with Crippen LogP contribution in [0.25, 0.3) is 10.9 Å². The lowest BCUT2D eigenvalue weighted by atomic mass is 10.0. The molecule has 4 rings (SSSR count). The number of H-pyrrole nitrogens is 1. The van der Waals surface area contributed by atoms with Crippen LogP contribution in [0.5, 0.6) is 0 Å². The molecule has 0 spiro atoms. The van der Waals surface area contributed by atoms with Crippen LogP contribution in [0.4, 0.5) is 0 Å². The van der Waals surface area contributed by atoms with E-state index < -0.39 is 6.10 Å². The van der Waals surface area contributed by atoms with E-state index in [-0.39, 0.29) is 23.3 Å². The number of aromatic nitrogens is 4. The van der Waals surface area contributed by atoms with Crippen molar-refractivity contribution in [2.75, 3.05) is 6.54 Å². The molecule has 1 aliphatic rings. The number of rotatable bonds is 4. The smallest absolute Gasteiger partial charge is 0.290 e. The number of carbonyl (C=O) groups is 1. The van der Waals surface area contributed by atoms with Gasteiger partial charge in [-0.3, -0.25) is 14.3 Å². The topological polar surface area (TPSA) is 104 Å². The highest BCUT2D eigenvalue weighted by Gasteiger charge is 2.32. The Labute approximate surface area is 155 Å². The second-order valence-corrected chi connectivity index (χ2v) is 6.93. The quantitative estimate of drug-likeness (QED) is 0.725. The van der Waals surface area contributed by atoms with Crippen molar-refractivity contribution in [3.63, 3.8) is 0 Å². The Morgan fingerprint density at radius 1 is 1.41 bits per heavy atom. The number of para-hydroxylation sites is 1. The molecule has 0 aliphatic carbocycles. The number of fused-ring (bicyclic) bond motifs is 1. The first-order chi connectivity index (χ1) is 13.0. The molecule has 8 heteroatoms. The maximum atomic E-state index is 13.0. The standard InChI is InChI=1S/C19H21N5O3/c1-23-11-12(10-20-23)16(25)9-13-5-4-8-24(13)19(27)17-21-15-7-3-2-6-14(15)18(26)22-17/h2-3,6-7,10-11,13,16,25H,4-5,8-9H2,1H3,(H,21,22,26).